The second-order valence-corrected chi connectivity index (χ2v) is 6.94. The molecule has 2 N–H and O–H groups in total. The third kappa shape index (κ3) is 3.18. The molecule has 3 atom stereocenters. The number of hydrogen-bond acceptors (Lipinski definition) is 5. The first kappa shape index (κ1) is 18.9. The SMILES string of the molecule is CC1=NN(c2ccccc2)[C@@H]2OC(N)=C(C#N)[C@@H](c3ccc(C(F)(F)F)cc3)[C@H]12. The molecule has 2 aromatic carbocycles. The quantitative estimate of drug-likeness (QED) is 0.816. The number of halogens is 3. The summed E-state index contributed by atoms with van der Waals surface area (Å²) in [6, 6.07) is 16.2. The molecule has 0 saturated carbocycles. The van der Waals surface area contributed by atoms with E-state index in [1.165, 1.54) is 12.1 Å². The third-order valence-electron chi connectivity index (χ3n) is 5.22. The topological polar surface area (TPSA) is 74.6 Å². The first-order valence-corrected chi connectivity index (χ1v) is 8.94. The number of hydrogen-bond donors (Lipinski definition) is 1. The highest BCUT2D eigenvalue weighted by Gasteiger charge is 2.49. The van der Waals surface area contributed by atoms with Crippen molar-refractivity contribution in [3.63, 3.8) is 0 Å². The molecule has 0 unspecified atom stereocenters. The molecule has 2 aliphatic rings. The number of nitrogens with zero attached hydrogens (tertiary/aromatic N) is 3. The van der Waals surface area contributed by atoms with Gasteiger partial charge in [0.25, 0.3) is 0 Å². The first-order chi connectivity index (χ1) is 13.8. The molecule has 2 aromatic rings. The van der Waals surface area contributed by atoms with E-state index in [0.717, 1.165) is 17.8 Å². The number of ether oxygens (including phenoxy) is 1. The van der Waals surface area contributed by atoms with Gasteiger partial charge in [0.15, 0.2) is 0 Å². The molecular weight excluding hydrogens is 381 g/mol. The zero-order valence-electron chi connectivity index (χ0n) is 15.4. The van der Waals surface area contributed by atoms with Crippen LogP contribution < -0.4 is 10.7 Å². The van der Waals surface area contributed by atoms with Gasteiger partial charge in [-0.3, -0.25) is 0 Å². The molecule has 4 rings (SSSR count). The van der Waals surface area contributed by atoms with E-state index in [1.54, 1.807) is 5.01 Å². The minimum absolute atomic E-state index is 0.0375. The van der Waals surface area contributed by atoms with Gasteiger partial charge in [0.1, 0.15) is 6.07 Å². The van der Waals surface area contributed by atoms with Crippen molar-refractivity contribution in [2.75, 3.05) is 5.01 Å². The largest absolute Gasteiger partial charge is 0.452 e. The molecule has 148 valence electrons. The maximum absolute atomic E-state index is 13.0. The van der Waals surface area contributed by atoms with Crippen LogP contribution in [0.3, 0.4) is 0 Å². The van der Waals surface area contributed by atoms with Crippen molar-refractivity contribution in [3.05, 3.63) is 77.2 Å². The lowest BCUT2D eigenvalue weighted by molar-refractivity contribution is -0.137. The zero-order chi connectivity index (χ0) is 20.8. The average molecular weight is 398 g/mol. The Kier molecular flexibility index (Phi) is 4.46. The highest BCUT2D eigenvalue weighted by atomic mass is 19.4. The van der Waals surface area contributed by atoms with E-state index >= 15 is 0 Å². The Morgan fingerprint density at radius 1 is 1.10 bits per heavy atom. The van der Waals surface area contributed by atoms with Gasteiger partial charge >= 0.3 is 6.18 Å². The van der Waals surface area contributed by atoms with Gasteiger partial charge in [-0.2, -0.15) is 23.5 Å². The number of nitriles is 1. The zero-order valence-corrected chi connectivity index (χ0v) is 15.4. The molecule has 0 radical (unpaired) electrons. The molecule has 5 nitrogen and oxygen atoms in total. The van der Waals surface area contributed by atoms with E-state index in [-0.39, 0.29) is 17.4 Å². The summed E-state index contributed by atoms with van der Waals surface area (Å²) in [5.41, 5.74) is 7.54. The number of rotatable bonds is 2. The Morgan fingerprint density at radius 3 is 2.34 bits per heavy atom. The van der Waals surface area contributed by atoms with Gasteiger partial charge in [-0.25, -0.2) is 5.01 Å². The molecule has 29 heavy (non-hydrogen) atoms. The van der Waals surface area contributed by atoms with E-state index in [4.69, 9.17) is 10.5 Å². The molecule has 0 aromatic heterocycles. The van der Waals surface area contributed by atoms with Crippen LogP contribution in [0.4, 0.5) is 18.9 Å². The molecule has 0 bridgehead atoms. The van der Waals surface area contributed by atoms with Crippen molar-refractivity contribution in [3.8, 4) is 6.07 Å². The van der Waals surface area contributed by atoms with Crippen LogP contribution >= 0.6 is 0 Å². The van der Waals surface area contributed by atoms with Gasteiger partial charge in [-0.15, -0.1) is 0 Å². The molecule has 0 saturated heterocycles. The van der Waals surface area contributed by atoms with Crippen molar-refractivity contribution in [1.29, 1.82) is 5.26 Å². The summed E-state index contributed by atoms with van der Waals surface area (Å²) in [4.78, 5) is 0. The fourth-order valence-corrected chi connectivity index (χ4v) is 3.87. The molecular formula is C21H17F3N4O. The van der Waals surface area contributed by atoms with Gasteiger partial charge in [-0.1, -0.05) is 30.3 Å². The van der Waals surface area contributed by atoms with Crippen molar-refractivity contribution in [2.45, 2.75) is 25.2 Å². The second-order valence-electron chi connectivity index (χ2n) is 6.94. The van der Waals surface area contributed by atoms with Gasteiger partial charge in [-0.05, 0) is 36.8 Å². The van der Waals surface area contributed by atoms with Crippen molar-refractivity contribution >= 4 is 11.4 Å². The number of hydrazone groups is 1. The first-order valence-electron chi connectivity index (χ1n) is 8.94. The second kappa shape index (κ2) is 6.85. The molecule has 2 heterocycles. The number of allylic oxidation sites excluding steroid dienone is 1. The van der Waals surface area contributed by atoms with E-state index in [9.17, 15) is 18.4 Å². The standard InChI is InChI=1S/C21H17F3N4O/c1-12-17-18(13-7-9-14(10-8-13)21(22,23)24)16(11-25)19(26)29-20(17)28(27-12)15-5-3-2-4-6-15/h2-10,17-18,20H,26H2,1H3/t17-,18+,20+/m0/s1. The average Bonchev–Trinajstić information content (AvgIpc) is 3.03. The van der Waals surface area contributed by atoms with Crippen LogP contribution in [0, 0.1) is 17.2 Å². The maximum atomic E-state index is 13.0. The number of para-hydroxylation sites is 1. The highest BCUT2D eigenvalue weighted by Crippen LogP contribution is 2.46. The summed E-state index contributed by atoms with van der Waals surface area (Å²) < 4.78 is 44.7. The molecule has 8 heteroatoms. The predicted molar refractivity (Wildman–Crippen MR) is 101 cm³/mol. The summed E-state index contributed by atoms with van der Waals surface area (Å²) >= 11 is 0. The predicted octanol–water partition coefficient (Wildman–Crippen LogP) is 4.35. The lowest BCUT2D eigenvalue weighted by Gasteiger charge is -2.37. The van der Waals surface area contributed by atoms with Gasteiger partial charge < -0.3 is 10.5 Å². The van der Waals surface area contributed by atoms with E-state index in [2.05, 4.69) is 11.2 Å². The smallest absolute Gasteiger partial charge is 0.416 e. The number of anilines is 1. The Balaban J connectivity index is 1.78. The number of nitrogens with two attached hydrogens (primary N) is 1. The van der Waals surface area contributed by atoms with Gasteiger partial charge in [0.2, 0.25) is 12.1 Å². The minimum atomic E-state index is -4.43. The summed E-state index contributed by atoms with van der Waals surface area (Å²) in [5, 5.41) is 15.9. The van der Waals surface area contributed by atoms with Crippen LogP contribution in [0.2, 0.25) is 0 Å². The number of benzene rings is 2. The maximum Gasteiger partial charge on any atom is 0.416 e. The van der Waals surface area contributed by atoms with E-state index < -0.39 is 23.9 Å². The van der Waals surface area contributed by atoms with Gasteiger partial charge in [0, 0.05) is 11.6 Å². The summed E-state index contributed by atoms with van der Waals surface area (Å²) in [6.07, 6.45) is -5.03. The Labute approximate surface area is 165 Å². The fourth-order valence-electron chi connectivity index (χ4n) is 3.87. The summed E-state index contributed by atoms with van der Waals surface area (Å²) in [7, 11) is 0. The van der Waals surface area contributed by atoms with Crippen molar-refractivity contribution < 1.29 is 17.9 Å². The Hall–Kier alpha value is -3.47. The normalized spacial score (nSPS) is 23.9. The van der Waals surface area contributed by atoms with Crippen LogP contribution in [-0.4, -0.2) is 11.9 Å². The van der Waals surface area contributed by atoms with Crippen LogP contribution in [0.15, 0.2) is 71.2 Å². The van der Waals surface area contributed by atoms with Gasteiger partial charge in [0.05, 0.1) is 22.7 Å². The van der Waals surface area contributed by atoms with E-state index in [1.807, 2.05) is 37.3 Å². The highest BCUT2D eigenvalue weighted by molar-refractivity contribution is 5.90. The monoisotopic (exact) mass is 398 g/mol. The Morgan fingerprint density at radius 2 is 1.76 bits per heavy atom. The summed E-state index contributed by atoms with van der Waals surface area (Å²) in [5.74, 6) is -0.961. The van der Waals surface area contributed by atoms with Crippen LogP contribution in [0.25, 0.3) is 0 Å². The number of alkyl halides is 3. The lowest BCUT2D eigenvalue weighted by atomic mass is 9.76. The fraction of sp³-hybridized carbons (Fsp3) is 0.238. The number of fused-ring (bicyclic) bond motifs is 1. The van der Waals surface area contributed by atoms with Crippen LogP contribution in [-0.2, 0) is 10.9 Å². The molecule has 0 amide bonds. The van der Waals surface area contributed by atoms with Crippen LogP contribution in [0.5, 0.6) is 0 Å². The molecule has 0 spiro atoms. The molecule has 0 fully saturated rings. The minimum Gasteiger partial charge on any atom is -0.452 e. The van der Waals surface area contributed by atoms with E-state index in [0.29, 0.717) is 11.3 Å². The van der Waals surface area contributed by atoms with Crippen LogP contribution in [0.1, 0.15) is 24.0 Å². The Bertz CT molecular complexity index is 1020. The third-order valence-corrected chi connectivity index (χ3v) is 5.22. The molecule has 0 aliphatic carbocycles. The van der Waals surface area contributed by atoms with Crippen molar-refractivity contribution in [2.24, 2.45) is 16.8 Å². The lowest BCUT2D eigenvalue weighted by Crippen LogP contribution is -2.43. The molecule has 2 aliphatic heterocycles. The van der Waals surface area contributed by atoms with Crippen molar-refractivity contribution in [1.82, 2.24) is 0 Å². The summed E-state index contributed by atoms with van der Waals surface area (Å²) in [6.45, 7) is 1.82.